The van der Waals surface area contributed by atoms with Crippen molar-refractivity contribution >= 4 is 0 Å². The first kappa shape index (κ1) is 22.0. The molecule has 154 valence electrons. The van der Waals surface area contributed by atoms with Gasteiger partial charge in [-0.2, -0.15) is 13.2 Å². The predicted molar refractivity (Wildman–Crippen MR) is 99.3 cm³/mol. The van der Waals surface area contributed by atoms with Gasteiger partial charge in [-0.15, -0.1) is 0 Å². The van der Waals surface area contributed by atoms with E-state index >= 15 is 0 Å². The van der Waals surface area contributed by atoms with Crippen molar-refractivity contribution < 1.29 is 17.9 Å². The van der Waals surface area contributed by atoms with Gasteiger partial charge in [-0.3, -0.25) is 4.90 Å². The Morgan fingerprint density at radius 2 is 1.65 bits per heavy atom. The second kappa shape index (κ2) is 9.74. The van der Waals surface area contributed by atoms with Crippen LogP contribution in [0.4, 0.5) is 13.2 Å². The maximum atomic E-state index is 13.4. The van der Waals surface area contributed by atoms with Crippen LogP contribution in [0.15, 0.2) is 0 Å². The summed E-state index contributed by atoms with van der Waals surface area (Å²) in [6.45, 7) is 10.1. The Bertz CT molecular complexity index is 406. The first-order chi connectivity index (χ1) is 12.2. The van der Waals surface area contributed by atoms with Crippen molar-refractivity contribution in [2.45, 2.75) is 96.7 Å². The zero-order valence-corrected chi connectivity index (χ0v) is 16.9. The molecule has 26 heavy (non-hydrogen) atoms. The monoisotopic (exact) mass is 378 g/mol. The fraction of sp³-hybridized carbons (Fsp3) is 1.00. The third-order valence-corrected chi connectivity index (χ3v) is 5.89. The molecule has 0 bridgehead atoms. The minimum Gasteiger partial charge on any atom is -0.376 e. The Hall–Kier alpha value is -0.330. The van der Waals surface area contributed by atoms with Crippen molar-refractivity contribution in [1.29, 1.82) is 0 Å². The van der Waals surface area contributed by atoms with E-state index in [1.165, 1.54) is 12.8 Å². The van der Waals surface area contributed by atoms with Crippen LogP contribution in [0.3, 0.4) is 0 Å². The Morgan fingerprint density at radius 3 is 2.19 bits per heavy atom. The normalized spacial score (nSPS) is 29.7. The number of ether oxygens (including phenoxy) is 1. The Balaban J connectivity index is 1.70. The summed E-state index contributed by atoms with van der Waals surface area (Å²) in [7, 11) is 0. The van der Waals surface area contributed by atoms with E-state index in [1.54, 1.807) is 4.90 Å². The summed E-state index contributed by atoms with van der Waals surface area (Å²) in [5, 5.41) is 0. The second-order valence-corrected chi connectivity index (χ2v) is 8.66. The van der Waals surface area contributed by atoms with Crippen LogP contribution in [0, 0.1) is 5.92 Å². The van der Waals surface area contributed by atoms with Gasteiger partial charge in [0.2, 0.25) is 0 Å². The average molecular weight is 379 g/mol. The molecule has 6 heteroatoms. The van der Waals surface area contributed by atoms with Crippen LogP contribution in [0.2, 0.25) is 0 Å². The fourth-order valence-corrected chi connectivity index (χ4v) is 4.51. The molecule has 1 heterocycles. The molecule has 0 radical (unpaired) electrons. The van der Waals surface area contributed by atoms with Gasteiger partial charge in [-0.25, -0.2) is 0 Å². The minimum atomic E-state index is -4.14. The lowest BCUT2D eigenvalue weighted by molar-refractivity contribution is -0.202. The lowest BCUT2D eigenvalue weighted by atomic mass is 9.84. The van der Waals surface area contributed by atoms with Crippen molar-refractivity contribution in [3.05, 3.63) is 0 Å². The van der Waals surface area contributed by atoms with Crippen LogP contribution >= 0.6 is 0 Å². The summed E-state index contributed by atoms with van der Waals surface area (Å²) in [5.74, 6) is 0.720. The first-order valence-electron chi connectivity index (χ1n) is 10.4. The molecule has 1 aliphatic heterocycles. The molecule has 0 aromatic carbocycles. The summed E-state index contributed by atoms with van der Waals surface area (Å²) < 4.78 is 46.0. The molecular weight excluding hydrogens is 341 g/mol. The Morgan fingerprint density at radius 1 is 1.00 bits per heavy atom. The molecule has 0 aromatic rings. The molecule has 2 rings (SSSR count). The maximum Gasteiger partial charge on any atom is 0.405 e. The Kier molecular flexibility index (Phi) is 8.23. The summed E-state index contributed by atoms with van der Waals surface area (Å²) >= 11 is 0. The van der Waals surface area contributed by atoms with Gasteiger partial charge < -0.3 is 9.64 Å². The largest absolute Gasteiger partial charge is 0.405 e. The van der Waals surface area contributed by atoms with Crippen LogP contribution in [-0.2, 0) is 4.74 Å². The van der Waals surface area contributed by atoms with Crippen molar-refractivity contribution in [3.8, 4) is 0 Å². The smallest absolute Gasteiger partial charge is 0.376 e. The van der Waals surface area contributed by atoms with Crippen molar-refractivity contribution in [2.75, 3.05) is 26.2 Å². The van der Waals surface area contributed by atoms with E-state index in [9.17, 15) is 13.2 Å². The number of hydrogen-bond donors (Lipinski definition) is 0. The summed E-state index contributed by atoms with van der Waals surface area (Å²) in [6.07, 6.45) is 3.36. The molecule has 0 amide bonds. The third kappa shape index (κ3) is 6.68. The molecule has 0 N–H and O–H groups in total. The number of piperazine rings is 1. The summed E-state index contributed by atoms with van der Waals surface area (Å²) in [6, 6.07) is -1.38. The van der Waals surface area contributed by atoms with E-state index in [1.807, 2.05) is 18.7 Å². The molecule has 1 saturated carbocycles. The van der Waals surface area contributed by atoms with Crippen LogP contribution in [-0.4, -0.2) is 66.4 Å². The molecule has 1 aliphatic carbocycles. The van der Waals surface area contributed by atoms with E-state index in [2.05, 4.69) is 13.8 Å². The molecule has 1 atom stereocenters. The minimum absolute atomic E-state index is 0.0629. The zero-order valence-electron chi connectivity index (χ0n) is 16.9. The second-order valence-electron chi connectivity index (χ2n) is 8.66. The van der Waals surface area contributed by atoms with E-state index in [-0.39, 0.29) is 12.6 Å². The standard InChI is InChI=1S/C20H37F3N2O/c1-15(2)25-13-12-24(14-19(25)20(21,22)23)11-5-6-17-7-9-18(10-8-17)26-16(3)4/h15-19H,5-14H2,1-4H3. The van der Waals surface area contributed by atoms with Crippen molar-refractivity contribution in [2.24, 2.45) is 5.92 Å². The van der Waals surface area contributed by atoms with Gasteiger partial charge in [-0.1, -0.05) is 0 Å². The maximum absolute atomic E-state index is 13.4. The van der Waals surface area contributed by atoms with Crippen LogP contribution in [0.5, 0.6) is 0 Å². The molecule has 1 unspecified atom stereocenters. The topological polar surface area (TPSA) is 15.7 Å². The van der Waals surface area contributed by atoms with E-state index < -0.39 is 12.2 Å². The zero-order chi connectivity index (χ0) is 19.3. The summed E-state index contributed by atoms with van der Waals surface area (Å²) in [5.41, 5.74) is 0. The highest BCUT2D eigenvalue weighted by Gasteiger charge is 2.46. The van der Waals surface area contributed by atoms with Gasteiger partial charge in [-0.05, 0) is 78.7 Å². The van der Waals surface area contributed by atoms with Gasteiger partial charge in [0.05, 0.1) is 12.2 Å². The Labute approximate surface area is 157 Å². The first-order valence-corrected chi connectivity index (χ1v) is 10.4. The van der Waals surface area contributed by atoms with Gasteiger partial charge >= 0.3 is 6.18 Å². The van der Waals surface area contributed by atoms with Crippen LogP contribution in [0.1, 0.15) is 66.2 Å². The number of halogens is 3. The molecule has 0 spiro atoms. The highest BCUT2D eigenvalue weighted by atomic mass is 19.4. The van der Waals surface area contributed by atoms with E-state index in [0.717, 1.165) is 44.7 Å². The van der Waals surface area contributed by atoms with Crippen LogP contribution in [0.25, 0.3) is 0 Å². The van der Waals surface area contributed by atoms with Gasteiger partial charge in [0.15, 0.2) is 0 Å². The highest BCUT2D eigenvalue weighted by Crippen LogP contribution is 2.31. The molecule has 3 nitrogen and oxygen atoms in total. The average Bonchev–Trinajstić information content (AvgIpc) is 2.55. The number of nitrogens with zero attached hydrogens (tertiary/aromatic N) is 2. The van der Waals surface area contributed by atoms with Crippen molar-refractivity contribution in [1.82, 2.24) is 9.80 Å². The number of alkyl halides is 3. The lowest BCUT2D eigenvalue weighted by Gasteiger charge is -2.44. The highest BCUT2D eigenvalue weighted by molar-refractivity contribution is 4.89. The molecule has 2 aliphatic rings. The summed E-state index contributed by atoms with van der Waals surface area (Å²) in [4.78, 5) is 3.62. The van der Waals surface area contributed by atoms with Gasteiger partial charge in [0.1, 0.15) is 6.04 Å². The van der Waals surface area contributed by atoms with Crippen molar-refractivity contribution in [3.63, 3.8) is 0 Å². The molecular formula is C20H37F3N2O. The predicted octanol–water partition coefficient (Wildman–Crippen LogP) is 4.71. The molecule has 2 fully saturated rings. The van der Waals surface area contributed by atoms with Gasteiger partial charge in [0.25, 0.3) is 0 Å². The van der Waals surface area contributed by atoms with Gasteiger partial charge in [0, 0.05) is 25.7 Å². The molecule has 0 aromatic heterocycles. The molecule has 1 saturated heterocycles. The third-order valence-electron chi connectivity index (χ3n) is 5.89. The number of rotatable bonds is 7. The number of hydrogen-bond acceptors (Lipinski definition) is 3. The van der Waals surface area contributed by atoms with Crippen LogP contribution < -0.4 is 0 Å². The van der Waals surface area contributed by atoms with E-state index in [4.69, 9.17) is 4.74 Å². The SMILES string of the molecule is CC(C)OC1CCC(CCCN2CCN(C(C)C)C(C(F)(F)F)C2)CC1. The van der Waals surface area contributed by atoms with E-state index in [0.29, 0.717) is 18.8 Å². The quantitative estimate of drug-likeness (QED) is 0.638. The fourth-order valence-electron chi connectivity index (χ4n) is 4.51. The lowest BCUT2D eigenvalue weighted by Crippen LogP contribution is -2.60.